The van der Waals surface area contributed by atoms with E-state index in [-0.39, 0.29) is 0 Å². The Labute approximate surface area is 209 Å². The Kier molecular flexibility index (Phi) is 7.57. The number of hydrogen-bond acceptors (Lipinski definition) is 9. The highest BCUT2D eigenvalue weighted by Crippen LogP contribution is 2.31. The Bertz CT molecular complexity index is 1170. The van der Waals surface area contributed by atoms with E-state index in [1.54, 1.807) is 22.3 Å². The number of thiazole rings is 1. The van der Waals surface area contributed by atoms with E-state index in [1.807, 2.05) is 36.7 Å². The number of ether oxygens (including phenoxy) is 1. The number of piperidine rings is 1. The van der Waals surface area contributed by atoms with E-state index in [0.717, 1.165) is 55.4 Å². The number of aryl methyl sites for hydroxylation is 1. The van der Waals surface area contributed by atoms with Gasteiger partial charge in [-0.1, -0.05) is 19.8 Å². The molecule has 4 heterocycles. The van der Waals surface area contributed by atoms with Crippen molar-refractivity contribution in [3.8, 4) is 11.4 Å². The Hall–Kier alpha value is -3.40. The molecule has 0 N–H and O–H groups in total. The minimum atomic E-state index is 0.456. The normalized spacial score (nSPS) is 14.4. The fraction of sp³-hybridized carbons (Fsp3) is 0.440. The van der Waals surface area contributed by atoms with Crippen LogP contribution in [0.4, 0.5) is 5.95 Å². The van der Waals surface area contributed by atoms with Crippen LogP contribution in [-0.4, -0.2) is 48.2 Å². The van der Waals surface area contributed by atoms with Gasteiger partial charge in [0.2, 0.25) is 5.95 Å². The van der Waals surface area contributed by atoms with Gasteiger partial charge in [0.05, 0.1) is 16.4 Å². The molecule has 0 bridgehead atoms. The number of benzene rings is 1. The summed E-state index contributed by atoms with van der Waals surface area (Å²) < 4.78 is 7.55. The molecule has 0 unspecified atom stereocenters. The third-order valence-corrected chi connectivity index (χ3v) is 7.35. The molecule has 0 aliphatic carbocycles. The predicted molar refractivity (Wildman–Crippen MR) is 135 cm³/mol. The molecule has 1 aliphatic heterocycles. The Morgan fingerprint density at radius 2 is 1.86 bits per heavy atom. The van der Waals surface area contributed by atoms with E-state index in [2.05, 4.69) is 42.7 Å². The molecular weight excluding hydrogens is 460 g/mol. The molecule has 0 amide bonds. The van der Waals surface area contributed by atoms with Crippen molar-refractivity contribution in [1.29, 1.82) is 0 Å². The summed E-state index contributed by atoms with van der Waals surface area (Å²) in [6, 6.07) is 7.69. The monoisotopic (exact) mass is 490 g/mol. The molecule has 4 aromatic rings. The van der Waals surface area contributed by atoms with Crippen LogP contribution in [0.15, 0.2) is 48.4 Å². The lowest BCUT2D eigenvalue weighted by Gasteiger charge is -2.31. The van der Waals surface area contributed by atoms with Gasteiger partial charge in [0.15, 0.2) is 0 Å². The molecule has 0 atom stereocenters. The van der Waals surface area contributed by atoms with Crippen molar-refractivity contribution in [1.82, 2.24) is 35.2 Å². The van der Waals surface area contributed by atoms with Gasteiger partial charge in [-0.15, -0.1) is 16.4 Å². The smallest absolute Gasteiger partial charge is 0.225 e. The van der Waals surface area contributed by atoms with Crippen molar-refractivity contribution in [3.05, 3.63) is 64.6 Å². The van der Waals surface area contributed by atoms with Crippen molar-refractivity contribution in [2.24, 2.45) is 0 Å². The largest absolute Gasteiger partial charge is 0.487 e. The number of nitrogens with zero attached hydrogens (tertiary/aromatic N) is 8. The number of aromatic nitrogens is 7. The molecule has 5 rings (SSSR count). The van der Waals surface area contributed by atoms with Gasteiger partial charge in [0.25, 0.3) is 0 Å². The van der Waals surface area contributed by atoms with E-state index < -0.39 is 0 Å². The van der Waals surface area contributed by atoms with E-state index in [4.69, 9.17) is 9.72 Å². The maximum absolute atomic E-state index is 5.94. The van der Waals surface area contributed by atoms with Crippen molar-refractivity contribution in [3.63, 3.8) is 0 Å². The summed E-state index contributed by atoms with van der Waals surface area (Å²) in [7, 11) is 0. The first kappa shape index (κ1) is 23.3. The Balaban J connectivity index is 1.09. The maximum atomic E-state index is 5.94. The first-order valence-corrected chi connectivity index (χ1v) is 13.1. The first-order chi connectivity index (χ1) is 17.3. The fourth-order valence-corrected chi connectivity index (χ4v) is 5.23. The molecule has 3 aromatic heterocycles. The molecule has 35 heavy (non-hydrogen) atoms. The molecule has 10 heteroatoms. The second-order valence-corrected chi connectivity index (χ2v) is 9.71. The van der Waals surface area contributed by atoms with Crippen molar-refractivity contribution < 1.29 is 4.74 Å². The summed E-state index contributed by atoms with van der Waals surface area (Å²) in [5.41, 5.74) is 3.09. The SMILES string of the molecule is CCCCCc1cnc(N2CCC(c3nc(COc4ccc(-n5cnnn5)cc4)cs3)CC2)nc1. The van der Waals surface area contributed by atoms with Crippen LogP contribution in [0.5, 0.6) is 5.75 Å². The molecule has 0 spiro atoms. The van der Waals surface area contributed by atoms with E-state index in [1.165, 1.54) is 29.8 Å². The number of tetrazole rings is 1. The van der Waals surface area contributed by atoms with Crippen LogP contribution < -0.4 is 9.64 Å². The number of anilines is 1. The second kappa shape index (κ2) is 11.4. The quantitative estimate of drug-likeness (QED) is 0.298. The van der Waals surface area contributed by atoms with Gasteiger partial charge >= 0.3 is 0 Å². The van der Waals surface area contributed by atoms with Crippen molar-refractivity contribution in [2.45, 2.75) is 58.0 Å². The summed E-state index contributed by atoms with van der Waals surface area (Å²) in [6.45, 7) is 4.60. The standard InChI is InChI=1S/C25H30N8OS/c1-2-3-4-5-19-14-26-25(27-15-19)32-12-10-20(11-13-32)24-29-21(17-35-24)16-34-23-8-6-22(7-9-23)33-18-28-30-31-33/h6-9,14-15,17-18,20H,2-5,10-13,16H2,1H3. The lowest BCUT2D eigenvalue weighted by atomic mass is 9.98. The third kappa shape index (κ3) is 6.00. The van der Waals surface area contributed by atoms with E-state index in [9.17, 15) is 0 Å². The van der Waals surface area contributed by atoms with E-state index in [0.29, 0.717) is 12.5 Å². The van der Waals surface area contributed by atoms with Gasteiger partial charge in [-0.25, -0.2) is 19.6 Å². The van der Waals surface area contributed by atoms with Crippen molar-refractivity contribution >= 4 is 17.3 Å². The zero-order valence-electron chi connectivity index (χ0n) is 20.0. The molecule has 0 radical (unpaired) electrons. The molecule has 9 nitrogen and oxygen atoms in total. The Morgan fingerprint density at radius 1 is 1.06 bits per heavy atom. The van der Waals surface area contributed by atoms with Gasteiger partial charge in [-0.2, -0.15) is 0 Å². The molecular formula is C25H30N8OS. The average molecular weight is 491 g/mol. The topological polar surface area (TPSA) is 94.7 Å². The van der Waals surface area contributed by atoms with Crippen LogP contribution >= 0.6 is 11.3 Å². The zero-order valence-corrected chi connectivity index (χ0v) is 20.8. The maximum Gasteiger partial charge on any atom is 0.225 e. The lowest BCUT2D eigenvalue weighted by molar-refractivity contribution is 0.301. The summed E-state index contributed by atoms with van der Waals surface area (Å²) >= 11 is 1.73. The summed E-state index contributed by atoms with van der Waals surface area (Å²) in [6.07, 6.45) is 12.5. The van der Waals surface area contributed by atoms with Gasteiger partial charge in [-0.05, 0) is 65.9 Å². The van der Waals surface area contributed by atoms with E-state index >= 15 is 0 Å². The number of rotatable bonds is 10. The molecule has 1 aliphatic rings. The predicted octanol–water partition coefficient (Wildman–Crippen LogP) is 4.60. The van der Waals surface area contributed by atoms with Crippen LogP contribution in [-0.2, 0) is 13.0 Å². The van der Waals surface area contributed by atoms with Crippen LogP contribution in [0.2, 0.25) is 0 Å². The van der Waals surface area contributed by atoms with Gasteiger partial charge in [-0.3, -0.25) is 0 Å². The highest BCUT2D eigenvalue weighted by atomic mass is 32.1. The van der Waals surface area contributed by atoms with Gasteiger partial charge in [0, 0.05) is 36.8 Å². The molecule has 1 aromatic carbocycles. The summed E-state index contributed by atoms with van der Waals surface area (Å²) in [5, 5.41) is 14.5. The van der Waals surface area contributed by atoms with Gasteiger partial charge in [0.1, 0.15) is 18.7 Å². The lowest BCUT2D eigenvalue weighted by Crippen LogP contribution is -2.34. The van der Waals surface area contributed by atoms with Gasteiger partial charge < -0.3 is 9.64 Å². The number of unbranched alkanes of at least 4 members (excludes halogenated alkanes) is 2. The molecule has 1 saturated heterocycles. The zero-order chi connectivity index (χ0) is 23.9. The summed E-state index contributed by atoms with van der Waals surface area (Å²) in [4.78, 5) is 16.4. The first-order valence-electron chi connectivity index (χ1n) is 12.2. The van der Waals surface area contributed by atoms with Crippen LogP contribution in [0.1, 0.15) is 61.2 Å². The van der Waals surface area contributed by atoms with Crippen LogP contribution in [0.25, 0.3) is 5.69 Å². The highest BCUT2D eigenvalue weighted by molar-refractivity contribution is 7.09. The van der Waals surface area contributed by atoms with Crippen LogP contribution in [0, 0.1) is 0 Å². The molecule has 0 saturated carbocycles. The minimum absolute atomic E-state index is 0.456. The molecule has 1 fully saturated rings. The highest BCUT2D eigenvalue weighted by Gasteiger charge is 2.24. The third-order valence-electron chi connectivity index (χ3n) is 6.29. The average Bonchev–Trinajstić information content (AvgIpc) is 3.62. The summed E-state index contributed by atoms with van der Waals surface area (Å²) in [5.74, 6) is 2.12. The minimum Gasteiger partial charge on any atom is -0.487 e. The Morgan fingerprint density at radius 3 is 2.57 bits per heavy atom. The number of hydrogen-bond donors (Lipinski definition) is 0. The fourth-order valence-electron chi connectivity index (χ4n) is 4.25. The van der Waals surface area contributed by atoms with Crippen LogP contribution in [0.3, 0.4) is 0 Å². The van der Waals surface area contributed by atoms with Crippen molar-refractivity contribution in [2.75, 3.05) is 18.0 Å². The second-order valence-electron chi connectivity index (χ2n) is 8.82. The molecule has 182 valence electrons.